The molecule has 25 heavy (non-hydrogen) atoms. The third kappa shape index (κ3) is 2.89. The van der Waals surface area contributed by atoms with E-state index in [9.17, 15) is 4.79 Å². The van der Waals surface area contributed by atoms with Crippen molar-refractivity contribution in [3.8, 4) is 23.0 Å². The normalized spacial score (nSPS) is 13.0. The van der Waals surface area contributed by atoms with Gasteiger partial charge in [0.05, 0.1) is 0 Å². The van der Waals surface area contributed by atoms with Crippen LogP contribution in [0.15, 0.2) is 42.7 Å². The van der Waals surface area contributed by atoms with Gasteiger partial charge in [-0.25, -0.2) is 4.98 Å². The summed E-state index contributed by atoms with van der Waals surface area (Å²) in [6, 6.07) is 9.36. The van der Waals surface area contributed by atoms with Crippen molar-refractivity contribution in [3.05, 3.63) is 65.1 Å². The molecule has 0 saturated carbocycles. The number of hydrogen-bond acceptors (Lipinski definition) is 5. The van der Waals surface area contributed by atoms with Gasteiger partial charge in [0.25, 0.3) is 0 Å². The molecule has 0 N–H and O–H groups in total. The zero-order valence-corrected chi connectivity index (χ0v) is 14.1. The van der Waals surface area contributed by atoms with Crippen LogP contribution in [0.5, 0.6) is 11.6 Å². The average molecular weight is 331 g/mol. The Kier molecular flexibility index (Phi) is 3.76. The summed E-state index contributed by atoms with van der Waals surface area (Å²) in [5, 5.41) is 0. The van der Waals surface area contributed by atoms with Crippen molar-refractivity contribution in [1.29, 1.82) is 0 Å². The highest BCUT2D eigenvalue weighted by molar-refractivity contribution is 6.00. The van der Waals surface area contributed by atoms with Gasteiger partial charge < -0.3 is 4.74 Å². The largest absolute Gasteiger partial charge is 0.439 e. The summed E-state index contributed by atoms with van der Waals surface area (Å²) in [4.78, 5) is 25.0. The number of fused-ring (bicyclic) bond motifs is 1. The number of pyridine rings is 1. The summed E-state index contributed by atoms with van der Waals surface area (Å²) < 4.78 is 6.03. The highest BCUT2D eigenvalue weighted by Crippen LogP contribution is 2.31. The van der Waals surface area contributed by atoms with E-state index in [1.54, 1.807) is 12.4 Å². The zero-order chi connectivity index (χ0) is 17.4. The van der Waals surface area contributed by atoms with Crippen molar-refractivity contribution < 1.29 is 9.53 Å². The minimum absolute atomic E-state index is 0.203. The molecule has 0 unspecified atom stereocenters. The number of ether oxygens (including phenoxy) is 1. The first-order chi connectivity index (χ1) is 12.1. The Labute approximate surface area is 145 Å². The molecule has 0 bridgehead atoms. The lowest BCUT2D eigenvalue weighted by Gasteiger charge is -2.12. The first-order valence-electron chi connectivity index (χ1n) is 8.21. The molecule has 124 valence electrons. The molecule has 2 aromatic heterocycles. The topological polar surface area (TPSA) is 65.0 Å². The summed E-state index contributed by atoms with van der Waals surface area (Å²) in [6.45, 7) is 3.87. The van der Waals surface area contributed by atoms with Gasteiger partial charge in [-0.15, -0.1) is 0 Å². The molecule has 5 heteroatoms. The van der Waals surface area contributed by atoms with Gasteiger partial charge in [-0.3, -0.25) is 9.78 Å². The molecular formula is C20H17N3O2. The zero-order valence-electron chi connectivity index (χ0n) is 14.1. The van der Waals surface area contributed by atoms with Gasteiger partial charge in [-0.2, -0.15) is 4.98 Å². The molecule has 0 amide bonds. The molecule has 4 rings (SSSR count). The minimum Gasteiger partial charge on any atom is -0.439 e. The maximum atomic E-state index is 11.8. The molecule has 0 radical (unpaired) electrons. The molecular weight excluding hydrogens is 314 g/mol. The Morgan fingerprint density at radius 3 is 2.76 bits per heavy atom. The average Bonchev–Trinajstić information content (AvgIpc) is 3.00. The fraction of sp³-hybridized carbons (Fsp3) is 0.200. The van der Waals surface area contributed by atoms with Crippen molar-refractivity contribution in [2.75, 3.05) is 0 Å². The van der Waals surface area contributed by atoms with Gasteiger partial charge >= 0.3 is 0 Å². The third-order valence-electron chi connectivity index (χ3n) is 4.48. The van der Waals surface area contributed by atoms with E-state index in [2.05, 4.69) is 15.0 Å². The van der Waals surface area contributed by atoms with E-state index in [4.69, 9.17) is 4.74 Å². The number of aromatic nitrogens is 3. The predicted octanol–water partition coefficient (Wildman–Crippen LogP) is 4.08. The number of benzene rings is 1. The number of ketones is 1. The van der Waals surface area contributed by atoms with E-state index >= 15 is 0 Å². The van der Waals surface area contributed by atoms with Crippen molar-refractivity contribution in [2.24, 2.45) is 0 Å². The maximum absolute atomic E-state index is 11.8. The van der Waals surface area contributed by atoms with Crippen LogP contribution >= 0.6 is 0 Å². The van der Waals surface area contributed by atoms with Crippen molar-refractivity contribution >= 4 is 5.78 Å². The van der Waals surface area contributed by atoms with Crippen LogP contribution in [0.25, 0.3) is 11.4 Å². The fourth-order valence-corrected chi connectivity index (χ4v) is 2.93. The molecule has 5 nitrogen and oxygen atoms in total. The lowest BCUT2D eigenvalue weighted by Crippen LogP contribution is -2.00. The molecule has 0 spiro atoms. The van der Waals surface area contributed by atoms with Crippen LogP contribution < -0.4 is 4.74 Å². The minimum atomic E-state index is 0.203. The van der Waals surface area contributed by atoms with Gasteiger partial charge in [-0.05, 0) is 56.2 Å². The second kappa shape index (κ2) is 6.09. The third-order valence-corrected chi connectivity index (χ3v) is 4.48. The number of aryl methyl sites for hydroxylation is 2. The molecule has 0 fully saturated rings. The second-order valence-electron chi connectivity index (χ2n) is 6.15. The lowest BCUT2D eigenvalue weighted by molar-refractivity contribution is 0.0994. The van der Waals surface area contributed by atoms with Crippen LogP contribution in [0.4, 0.5) is 0 Å². The Bertz CT molecular complexity index is 968. The molecule has 2 heterocycles. The number of rotatable bonds is 3. The maximum Gasteiger partial charge on any atom is 0.226 e. The molecule has 0 atom stereocenters. The van der Waals surface area contributed by atoms with Crippen LogP contribution in [-0.2, 0) is 6.42 Å². The molecule has 0 saturated heterocycles. The summed E-state index contributed by atoms with van der Waals surface area (Å²) in [5.74, 6) is 2.00. The summed E-state index contributed by atoms with van der Waals surface area (Å²) >= 11 is 0. The molecule has 0 aliphatic heterocycles. The number of Topliss-reactive ketones (excluding diaryl/α,β-unsaturated/α-hetero) is 1. The predicted molar refractivity (Wildman–Crippen MR) is 93.9 cm³/mol. The van der Waals surface area contributed by atoms with Crippen LogP contribution in [0.3, 0.4) is 0 Å². The fourth-order valence-electron chi connectivity index (χ4n) is 2.93. The first-order valence-corrected chi connectivity index (χ1v) is 8.21. The second-order valence-corrected chi connectivity index (χ2v) is 6.15. The van der Waals surface area contributed by atoms with Crippen molar-refractivity contribution in [2.45, 2.75) is 26.7 Å². The van der Waals surface area contributed by atoms with Crippen LogP contribution in [0.2, 0.25) is 0 Å². The number of carbonyl (C=O) groups excluding carboxylic acids is 1. The molecule has 1 aromatic carbocycles. The van der Waals surface area contributed by atoms with E-state index < -0.39 is 0 Å². The monoisotopic (exact) mass is 331 g/mol. The van der Waals surface area contributed by atoms with Gasteiger partial charge in [0, 0.05) is 41.2 Å². The van der Waals surface area contributed by atoms with E-state index in [-0.39, 0.29) is 5.78 Å². The number of carbonyl (C=O) groups is 1. The number of hydrogen-bond donors (Lipinski definition) is 0. The van der Waals surface area contributed by atoms with Crippen LogP contribution in [0.1, 0.15) is 33.6 Å². The van der Waals surface area contributed by atoms with Gasteiger partial charge in [0.15, 0.2) is 11.6 Å². The van der Waals surface area contributed by atoms with Crippen LogP contribution in [0, 0.1) is 13.8 Å². The Hall–Kier alpha value is -3.08. The van der Waals surface area contributed by atoms with E-state index in [0.717, 1.165) is 34.4 Å². The quantitative estimate of drug-likeness (QED) is 0.723. The molecule has 1 aliphatic rings. The number of nitrogens with zero attached hydrogens (tertiary/aromatic N) is 3. The Balaban J connectivity index is 1.71. The Morgan fingerprint density at radius 2 is 1.96 bits per heavy atom. The molecule has 3 aromatic rings. The van der Waals surface area contributed by atoms with Crippen molar-refractivity contribution in [1.82, 2.24) is 15.0 Å². The Morgan fingerprint density at radius 1 is 1.08 bits per heavy atom. The van der Waals surface area contributed by atoms with E-state index in [1.807, 2.05) is 44.2 Å². The van der Waals surface area contributed by atoms with Crippen molar-refractivity contribution in [3.63, 3.8) is 0 Å². The van der Waals surface area contributed by atoms with E-state index in [0.29, 0.717) is 23.9 Å². The van der Waals surface area contributed by atoms with Gasteiger partial charge in [-0.1, -0.05) is 0 Å². The SMILES string of the molecule is Cc1nc(-c2cccnc2)nc(Oc2ccc3c(c2)CCC3=O)c1C. The van der Waals surface area contributed by atoms with Gasteiger partial charge in [0.1, 0.15) is 5.75 Å². The molecule has 1 aliphatic carbocycles. The standard InChI is InChI=1S/C20H17N3O2/c1-12-13(2)22-19(15-4-3-9-21-11-15)23-20(12)25-16-6-7-17-14(10-16)5-8-18(17)24/h3-4,6-7,9-11H,5,8H2,1-2H3. The summed E-state index contributed by atoms with van der Waals surface area (Å²) in [7, 11) is 0. The van der Waals surface area contributed by atoms with Crippen LogP contribution in [-0.4, -0.2) is 20.7 Å². The summed E-state index contributed by atoms with van der Waals surface area (Å²) in [6.07, 6.45) is 4.80. The summed E-state index contributed by atoms with van der Waals surface area (Å²) in [5.41, 5.74) is 4.44. The smallest absolute Gasteiger partial charge is 0.226 e. The highest BCUT2D eigenvalue weighted by atomic mass is 16.5. The first kappa shape index (κ1) is 15.4. The van der Waals surface area contributed by atoms with E-state index in [1.165, 1.54) is 0 Å². The highest BCUT2D eigenvalue weighted by Gasteiger charge is 2.20. The lowest BCUT2D eigenvalue weighted by atomic mass is 10.1. The van der Waals surface area contributed by atoms with Gasteiger partial charge in [0.2, 0.25) is 5.88 Å².